The van der Waals surface area contributed by atoms with Crippen LogP contribution < -0.4 is 9.47 Å². The second-order valence-electron chi connectivity index (χ2n) is 2.74. The monoisotopic (exact) mass is 191 g/mol. The van der Waals surface area contributed by atoms with Gasteiger partial charge in [-0.15, -0.1) is 0 Å². The predicted molar refractivity (Wildman–Crippen MR) is 51.9 cm³/mol. The summed E-state index contributed by atoms with van der Waals surface area (Å²) >= 11 is 0. The molecule has 1 aliphatic rings. The van der Waals surface area contributed by atoms with Crippen molar-refractivity contribution in [3.8, 4) is 11.5 Å². The lowest BCUT2D eigenvalue weighted by atomic mass is 10.2. The molecule has 0 unspecified atom stereocenters. The van der Waals surface area contributed by atoms with E-state index in [-0.39, 0.29) is 6.79 Å². The molecular formula is C10H9NO3. The maximum Gasteiger partial charge on any atom is 0.231 e. The Morgan fingerprint density at radius 1 is 1.29 bits per heavy atom. The van der Waals surface area contributed by atoms with Crippen molar-refractivity contribution in [1.82, 2.24) is 0 Å². The van der Waals surface area contributed by atoms with Gasteiger partial charge in [-0.25, -0.2) is 0 Å². The van der Waals surface area contributed by atoms with Gasteiger partial charge in [0.1, 0.15) is 0 Å². The van der Waals surface area contributed by atoms with Crippen molar-refractivity contribution < 1.29 is 14.7 Å². The van der Waals surface area contributed by atoms with Crippen LogP contribution in [0.5, 0.6) is 11.5 Å². The molecule has 0 atom stereocenters. The predicted octanol–water partition coefficient (Wildman–Crippen LogP) is 1.89. The second kappa shape index (κ2) is 3.83. The molecule has 4 nitrogen and oxygen atoms in total. The van der Waals surface area contributed by atoms with E-state index in [1.54, 1.807) is 6.08 Å². The lowest BCUT2D eigenvalue weighted by molar-refractivity contribution is 0.174. The Labute approximate surface area is 81.1 Å². The van der Waals surface area contributed by atoms with E-state index in [1.807, 2.05) is 24.3 Å². The minimum absolute atomic E-state index is 0.278. The first-order valence-corrected chi connectivity index (χ1v) is 4.14. The SMILES string of the molecule is ON=CC=Cc1ccc2c(c1)OCO2. The lowest BCUT2D eigenvalue weighted by Gasteiger charge is -1.96. The molecule has 0 radical (unpaired) electrons. The molecule has 1 N–H and O–H groups in total. The molecular weight excluding hydrogens is 182 g/mol. The Balaban J connectivity index is 2.20. The fourth-order valence-electron chi connectivity index (χ4n) is 1.21. The van der Waals surface area contributed by atoms with E-state index in [4.69, 9.17) is 14.7 Å². The number of ether oxygens (including phenoxy) is 2. The van der Waals surface area contributed by atoms with E-state index in [1.165, 1.54) is 6.21 Å². The van der Waals surface area contributed by atoms with Gasteiger partial charge < -0.3 is 14.7 Å². The summed E-state index contributed by atoms with van der Waals surface area (Å²) in [6, 6.07) is 5.61. The van der Waals surface area contributed by atoms with Gasteiger partial charge in [-0.1, -0.05) is 17.3 Å². The fraction of sp³-hybridized carbons (Fsp3) is 0.100. The van der Waals surface area contributed by atoms with Crippen molar-refractivity contribution in [1.29, 1.82) is 0 Å². The number of oxime groups is 1. The molecule has 0 fully saturated rings. The van der Waals surface area contributed by atoms with Gasteiger partial charge >= 0.3 is 0 Å². The molecule has 1 aromatic rings. The van der Waals surface area contributed by atoms with E-state index < -0.39 is 0 Å². The largest absolute Gasteiger partial charge is 0.454 e. The molecule has 4 heteroatoms. The van der Waals surface area contributed by atoms with Gasteiger partial charge in [0.2, 0.25) is 6.79 Å². The van der Waals surface area contributed by atoms with Gasteiger partial charge in [-0.3, -0.25) is 0 Å². The van der Waals surface area contributed by atoms with Crippen molar-refractivity contribution in [2.24, 2.45) is 5.16 Å². The Bertz CT molecular complexity index is 385. The van der Waals surface area contributed by atoms with Crippen molar-refractivity contribution in [2.45, 2.75) is 0 Å². The summed E-state index contributed by atoms with van der Waals surface area (Å²) in [4.78, 5) is 0. The van der Waals surface area contributed by atoms with Crippen LogP contribution >= 0.6 is 0 Å². The Morgan fingerprint density at radius 3 is 3.00 bits per heavy atom. The first-order valence-electron chi connectivity index (χ1n) is 4.14. The first-order chi connectivity index (χ1) is 6.90. The summed E-state index contributed by atoms with van der Waals surface area (Å²) < 4.78 is 10.4. The first kappa shape index (κ1) is 8.62. The van der Waals surface area contributed by atoms with Gasteiger partial charge in [0.15, 0.2) is 11.5 Å². The van der Waals surface area contributed by atoms with E-state index in [0.717, 1.165) is 17.1 Å². The number of hydrogen-bond acceptors (Lipinski definition) is 4. The zero-order valence-corrected chi connectivity index (χ0v) is 7.38. The third-order valence-corrected chi connectivity index (χ3v) is 1.84. The maximum absolute atomic E-state index is 8.17. The minimum Gasteiger partial charge on any atom is -0.454 e. The Hall–Kier alpha value is -1.97. The minimum atomic E-state index is 0.278. The highest BCUT2D eigenvalue weighted by molar-refractivity contribution is 5.78. The smallest absolute Gasteiger partial charge is 0.231 e. The molecule has 14 heavy (non-hydrogen) atoms. The van der Waals surface area contributed by atoms with Crippen LogP contribution in [-0.2, 0) is 0 Å². The van der Waals surface area contributed by atoms with Gasteiger partial charge in [0.25, 0.3) is 0 Å². The van der Waals surface area contributed by atoms with Crippen molar-refractivity contribution in [3.05, 3.63) is 29.8 Å². The number of nitrogens with zero attached hydrogens (tertiary/aromatic N) is 1. The van der Waals surface area contributed by atoms with E-state index in [2.05, 4.69) is 5.16 Å². The molecule has 2 rings (SSSR count). The van der Waals surface area contributed by atoms with Crippen LogP contribution in [0.15, 0.2) is 29.4 Å². The molecule has 1 aliphatic heterocycles. The highest BCUT2D eigenvalue weighted by Crippen LogP contribution is 2.32. The fourth-order valence-corrected chi connectivity index (χ4v) is 1.21. The molecule has 72 valence electrons. The summed E-state index contributed by atoms with van der Waals surface area (Å²) in [6.07, 6.45) is 4.74. The van der Waals surface area contributed by atoms with Crippen LogP contribution in [-0.4, -0.2) is 18.2 Å². The number of hydrogen-bond donors (Lipinski definition) is 1. The van der Waals surface area contributed by atoms with Gasteiger partial charge in [0, 0.05) is 0 Å². The molecule has 0 aliphatic carbocycles. The van der Waals surface area contributed by atoms with Crippen molar-refractivity contribution >= 4 is 12.3 Å². The van der Waals surface area contributed by atoms with Crippen molar-refractivity contribution in [3.63, 3.8) is 0 Å². The number of allylic oxidation sites excluding steroid dienone is 1. The maximum atomic E-state index is 8.17. The van der Waals surface area contributed by atoms with E-state index in [9.17, 15) is 0 Å². The molecule has 0 aromatic heterocycles. The molecule has 0 saturated carbocycles. The summed E-state index contributed by atoms with van der Waals surface area (Å²) in [5, 5.41) is 11.0. The lowest BCUT2D eigenvalue weighted by Crippen LogP contribution is -1.92. The van der Waals surface area contributed by atoms with Gasteiger partial charge in [-0.2, -0.15) is 0 Å². The molecule has 1 aromatic carbocycles. The zero-order chi connectivity index (χ0) is 9.80. The van der Waals surface area contributed by atoms with Crippen LogP contribution in [0.2, 0.25) is 0 Å². The highest BCUT2D eigenvalue weighted by Gasteiger charge is 2.11. The summed E-state index contributed by atoms with van der Waals surface area (Å²) in [5.41, 5.74) is 0.967. The summed E-state index contributed by atoms with van der Waals surface area (Å²) in [7, 11) is 0. The standard InChI is InChI=1S/C10H9NO3/c12-11-5-1-2-8-3-4-9-10(6-8)14-7-13-9/h1-6,12H,7H2. The highest BCUT2D eigenvalue weighted by atomic mass is 16.7. The quantitative estimate of drug-likeness (QED) is 0.441. The van der Waals surface area contributed by atoms with Gasteiger partial charge in [-0.05, 0) is 23.8 Å². The van der Waals surface area contributed by atoms with Gasteiger partial charge in [0.05, 0.1) is 6.21 Å². The van der Waals surface area contributed by atoms with Crippen LogP contribution in [0, 0.1) is 0 Å². The molecule has 0 saturated heterocycles. The topological polar surface area (TPSA) is 51.1 Å². The molecule has 0 spiro atoms. The average molecular weight is 191 g/mol. The number of benzene rings is 1. The molecule has 0 amide bonds. The Kier molecular flexibility index (Phi) is 2.36. The number of fused-ring (bicyclic) bond motifs is 1. The van der Waals surface area contributed by atoms with Crippen LogP contribution in [0.3, 0.4) is 0 Å². The van der Waals surface area contributed by atoms with Crippen LogP contribution in [0.25, 0.3) is 6.08 Å². The molecule has 1 heterocycles. The third kappa shape index (κ3) is 1.69. The Morgan fingerprint density at radius 2 is 2.14 bits per heavy atom. The normalized spacial score (nSPS) is 14.3. The number of rotatable bonds is 2. The second-order valence-corrected chi connectivity index (χ2v) is 2.74. The van der Waals surface area contributed by atoms with E-state index in [0.29, 0.717) is 0 Å². The summed E-state index contributed by atoms with van der Waals surface area (Å²) in [5.74, 6) is 1.51. The molecule has 0 bridgehead atoms. The van der Waals surface area contributed by atoms with Crippen molar-refractivity contribution in [2.75, 3.05) is 6.79 Å². The van der Waals surface area contributed by atoms with Crippen LogP contribution in [0.4, 0.5) is 0 Å². The van der Waals surface area contributed by atoms with Crippen LogP contribution in [0.1, 0.15) is 5.56 Å². The summed E-state index contributed by atoms with van der Waals surface area (Å²) in [6.45, 7) is 0.278. The average Bonchev–Trinajstić information content (AvgIpc) is 2.65. The zero-order valence-electron chi connectivity index (χ0n) is 7.38. The van der Waals surface area contributed by atoms with E-state index >= 15 is 0 Å². The third-order valence-electron chi connectivity index (χ3n) is 1.84.